The minimum absolute atomic E-state index is 0.0194. The molecule has 3 heterocycles. The Morgan fingerprint density at radius 2 is 2.09 bits per heavy atom. The molecule has 2 aromatic heterocycles. The number of pyridine rings is 1. The molecule has 0 radical (unpaired) electrons. The third kappa shape index (κ3) is 2.84. The highest BCUT2D eigenvalue weighted by atomic mass is 32.2. The zero-order valence-corrected chi connectivity index (χ0v) is 14.8. The van der Waals surface area contributed by atoms with Crippen molar-refractivity contribution >= 4 is 27.3 Å². The number of thiophene rings is 1. The fourth-order valence-corrected chi connectivity index (χ4v) is 5.17. The van der Waals surface area contributed by atoms with Crippen LogP contribution in [-0.4, -0.2) is 36.5 Å². The van der Waals surface area contributed by atoms with E-state index in [4.69, 9.17) is 5.73 Å². The lowest BCUT2D eigenvalue weighted by Crippen LogP contribution is -2.50. The number of aromatic nitrogens is 1. The maximum atomic E-state index is 12.3. The minimum Gasteiger partial charge on any atom is -0.369 e. The second kappa shape index (κ2) is 5.31. The van der Waals surface area contributed by atoms with Gasteiger partial charge in [0.25, 0.3) is 0 Å². The quantitative estimate of drug-likeness (QED) is 0.896. The lowest BCUT2D eigenvalue weighted by atomic mass is 10.0. The van der Waals surface area contributed by atoms with Crippen LogP contribution in [0.15, 0.2) is 35.6 Å². The van der Waals surface area contributed by atoms with E-state index in [1.807, 2.05) is 25.1 Å². The average molecular weight is 350 g/mol. The Labute approximate surface area is 139 Å². The average Bonchev–Trinajstić information content (AvgIpc) is 2.95. The molecule has 1 aliphatic rings. The number of guanidine groups is 1. The molecule has 0 amide bonds. The van der Waals surface area contributed by atoms with E-state index in [1.54, 1.807) is 19.3 Å². The lowest BCUT2D eigenvalue weighted by Gasteiger charge is -2.33. The van der Waals surface area contributed by atoms with E-state index < -0.39 is 15.6 Å². The molecular weight excluding hydrogens is 332 g/mol. The first-order valence-electron chi connectivity index (χ1n) is 7.05. The van der Waals surface area contributed by atoms with Crippen LogP contribution in [0.4, 0.5) is 0 Å². The van der Waals surface area contributed by atoms with Crippen molar-refractivity contribution in [3.8, 4) is 10.4 Å². The predicted octanol–water partition coefficient (Wildman–Crippen LogP) is 1.92. The zero-order valence-electron chi connectivity index (χ0n) is 13.1. The second-order valence-electron chi connectivity index (χ2n) is 5.88. The Hall–Kier alpha value is -1.93. The first-order chi connectivity index (χ1) is 10.7. The summed E-state index contributed by atoms with van der Waals surface area (Å²) in [4.78, 5) is 10.5. The van der Waals surface area contributed by atoms with Crippen molar-refractivity contribution in [1.82, 2.24) is 9.29 Å². The Kier molecular flexibility index (Phi) is 3.68. The van der Waals surface area contributed by atoms with Crippen molar-refractivity contribution in [2.24, 2.45) is 10.7 Å². The van der Waals surface area contributed by atoms with Gasteiger partial charge in [-0.2, -0.15) is 0 Å². The summed E-state index contributed by atoms with van der Waals surface area (Å²) in [6.07, 6.45) is 3.60. The first-order valence-corrected chi connectivity index (χ1v) is 9.48. The van der Waals surface area contributed by atoms with Gasteiger partial charge in [-0.05, 0) is 37.6 Å². The highest BCUT2D eigenvalue weighted by molar-refractivity contribution is 7.89. The minimum atomic E-state index is -3.46. The van der Waals surface area contributed by atoms with E-state index in [2.05, 4.69) is 9.98 Å². The molecule has 1 aliphatic heterocycles. The number of hydrogen-bond donors (Lipinski definition) is 1. The zero-order chi connectivity index (χ0) is 16.8. The van der Waals surface area contributed by atoms with Gasteiger partial charge in [-0.3, -0.25) is 4.98 Å². The molecule has 0 spiro atoms. The molecule has 0 saturated heterocycles. The highest BCUT2D eigenvalue weighted by Crippen LogP contribution is 2.39. The van der Waals surface area contributed by atoms with Crippen molar-refractivity contribution < 1.29 is 8.42 Å². The Balaban J connectivity index is 2.03. The molecule has 0 bridgehead atoms. The van der Waals surface area contributed by atoms with E-state index >= 15 is 0 Å². The molecule has 0 saturated carbocycles. The van der Waals surface area contributed by atoms with Gasteiger partial charge in [-0.15, -0.1) is 11.3 Å². The van der Waals surface area contributed by atoms with Crippen LogP contribution in [0.3, 0.4) is 0 Å². The van der Waals surface area contributed by atoms with Gasteiger partial charge in [0.05, 0.1) is 5.75 Å². The molecule has 2 N–H and O–H groups in total. The van der Waals surface area contributed by atoms with Crippen molar-refractivity contribution in [2.45, 2.75) is 19.4 Å². The number of nitrogens with two attached hydrogens (primary N) is 1. The second-order valence-corrected chi connectivity index (χ2v) is 8.97. The molecular formula is C15H18N4O2S2. The van der Waals surface area contributed by atoms with Gasteiger partial charge in [-0.1, -0.05) is 0 Å². The van der Waals surface area contributed by atoms with Crippen LogP contribution in [0.5, 0.6) is 0 Å². The summed E-state index contributed by atoms with van der Waals surface area (Å²) in [7, 11) is -2.03. The summed E-state index contributed by atoms with van der Waals surface area (Å²) < 4.78 is 25.6. The summed E-state index contributed by atoms with van der Waals surface area (Å²) in [5, 5.41) is 0. The molecule has 0 aliphatic carbocycles. The molecule has 23 heavy (non-hydrogen) atoms. The summed E-state index contributed by atoms with van der Waals surface area (Å²) in [6.45, 7) is 3.79. The highest BCUT2D eigenvalue weighted by Gasteiger charge is 2.41. The van der Waals surface area contributed by atoms with Gasteiger partial charge >= 0.3 is 0 Å². The van der Waals surface area contributed by atoms with Gasteiger partial charge in [0.2, 0.25) is 16.0 Å². The van der Waals surface area contributed by atoms with E-state index in [1.165, 1.54) is 18.4 Å². The van der Waals surface area contributed by atoms with E-state index in [-0.39, 0.29) is 11.7 Å². The fraction of sp³-hybridized carbons (Fsp3) is 0.333. The van der Waals surface area contributed by atoms with E-state index in [9.17, 15) is 8.42 Å². The van der Waals surface area contributed by atoms with Crippen LogP contribution in [0.1, 0.15) is 17.4 Å². The number of aryl methyl sites for hydroxylation is 1. The molecule has 0 unspecified atom stereocenters. The normalized spacial score (nSPS) is 23.6. The first kappa shape index (κ1) is 15.9. The van der Waals surface area contributed by atoms with Gasteiger partial charge in [0, 0.05) is 34.8 Å². The number of aliphatic imine (C=N–C) groups is 1. The number of rotatable bonds is 2. The third-order valence-electron chi connectivity index (χ3n) is 3.86. The molecule has 0 fully saturated rings. The molecule has 0 aromatic carbocycles. The van der Waals surface area contributed by atoms with Crippen molar-refractivity contribution in [3.63, 3.8) is 0 Å². The Morgan fingerprint density at radius 3 is 2.74 bits per heavy atom. The van der Waals surface area contributed by atoms with Crippen molar-refractivity contribution in [2.75, 3.05) is 12.8 Å². The Bertz CT molecular complexity index is 888. The van der Waals surface area contributed by atoms with Crippen LogP contribution in [0.2, 0.25) is 0 Å². The standard InChI is InChI=1S/C15H18N4O2S2/c1-10-6-11(8-17-7-10)12-4-5-13(22-12)15(2)9-23(20,21)19(3)14(16)18-15/h4-8H,9H2,1-3H3,(H2,16,18)/t15-/m0/s1. The van der Waals surface area contributed by atoms with Crippen LogP contribution in [-0.2, 0) is 15.6 Å². The SMILES string of the molecule is Cc1cncc(-c2ccc([C@]3(C)CS(=O)(=O)N(C)C(N)=N3)s2)c1. The van der Waals surface area contributed by atoms with Crippen LogP contribution in [0, 0.1) is 6.92 Å². The molecule has 2 aromatic rings. The predicted molar refractivity (Wildman–Crippen MR) is 92.8 cm³/mol. The van der Waals surface area contributed by atoms with Crippen LogP contribution in [0.25, 0.3) is 10.4 Å². The summed E-state index contributed by atoms with van der Waals surface area (Å²) in [5.41, 5.74) is 7.02. The molecule has 8 heteroatoms. The van der Waals surface area contributed by atoms with Gasteiger partial charge in [0.15, 0.2) is 0 Å². The molecule has 122 valence electrons. The van der Waals surface area contributed by atoms with E-state index in [0.717, 1.165) is 25.2 Å². The summed E-state index contributed by atoms with van der Waals surface area (Å²) >= 11 is 1.52. The largest absolute Gasteiger partial charge is 0.369 e. The number of sulfonamides is 1. The smallest absolute Gasteiger partial charge is 0.239 e. The van der Waals surface area contributed by atoms with Gasteiger partial charge in [-0.25, -0.2) is 17.7 Å². The fourth-order valence-electron chi connectivity index (χ4n) is 2.55. The molecule has 1 atom stereocenters. The number of hydrogen-bond acceptors (Lipinski definition) is 6. The number of nitrogens with zero attached hydrogens (tertiary/aromatic N) is 3. The monoisotopic (exact) mass is 350 g/mol. The third-order valence-corrected chi connectivity index (χ3v) is 7.20. The molecule has 3 rings (SSSR count). The van der Waals surface area contributed by atoms with Crippen molar-refractivity contribution in [3.05, 3.63) is 41.0 Å². The van der Waals surface area contributed by atoms with Crippen LogP contribution >= 0.6 is 11.3 Å². The maximum absolute atomic E-state index is 12.3. The molecule has 6 nitrogen and oxygen atoms in total. The van der Waals surface area contributed by atoms with Crippen molar-refractivity contribution in [1.29, 1.82) is 0 Å². The summed E-state index contributed by atoms with van der Waals surface area (Å²) in [5.74, 6) is -0.0747. The topological polar surface area (TPSA) is 88.7 Å². The van der Waals surface area contributed by atoms with Gasteiger partial charge in [0.1, 0.15) is 5.54 Å². The van der Waals surface area contributed by atoms with Gasteiger partial charge < -0.3 is 5.73 Å². The van der Waals surface area contributed by atoms with Crippen LogP contribution < -0.4 is 5.73 Å². The Morgan fingerprint density at radius 1 is 1.35 bits per heavy atom. The maximum Gasteiger partial charge on any atom is 0.239 e. The lowest BCUT2D eigenvalue weighted by molar-refractivity contribution is 0.482. The summed E-state index contributed by atoms with van der Waals surface area (Å²) in [6, 6.07) is 5.94. The van der Waals surface area contributed by atoms with E-state index in [0.29, 0.717) is 0 Å².